The first-order chi connectivity index (χ1) is 15.9. The van der Waals surface area contributed by atoms with E-state index >= 15 is 0 Å². The van der Waals surface area contributed by atoms with Crippen LogP contribution in [0.15, 0.2) is 82.3 Å². The number of hydrogen-bond donors (Lipinski definition) is 0. The number of benzene rings is 3. The lowest BCUT2D eigenvalue weighted by molar-refractivity contribution is -0.113. The van der Waals surface area contributed by atoms with Crippen LogP contribution in [0.4, 0.5) is 14.9 Å². The minimum atomic E-state index is -0.382. The number of carbonyl (C=O) groups is 2. The predicted octanol–water partition coefficient (Wildman–Crippen LogP) is 7.49. The third kappa shape index (κ3) is 4.12. The number of thioether (sulfide) groups is 1. The molecular formula is C25H15BrClFN2O2S. The summed E-state index contributed by atoms with van der Waals surface area (Å²) in [6, 6.07) is 19.2. The van der Waals surface area contributed by atoms with Crippen LogP contribution in [0.3, 0.4) is 0 Å². The van der Waals surface area contributed by atoms with Gasteiger partial charge in [0.2, 0.25) is 0 Å². The zero-order valence-electron chi connectivity index (χ0n) is 17.0. The second-order valence-electron chi connectivity index (χ2n) is 7.43. The lowest BCUT2D eigenvalue weighted by Gasteiger charge is -2.11. The highest BCUT2D eigenvalue weighted by atomic mass is 79.9. The lowest BCUT2D eigenvalue weighted by Crippen LogP contribution is -2.27. The van der Waals surface area contributed by atoms with Crippen molar-refractivity contribution in [2.24, 2.45) is 0 Å². The van der Waals surface area contributed by atoms with Crippen molar-refractivity contribution in [3.05, 3.63) is 104 Å². The Kier molecular flexibility index (Phi) is 5.86. The van der Waals surface area contributed by atoms with Crippen LogP contribution in [-0.2, 0) is 11.3 Å². The van der Waals surface area contributed by atoms with Gasteiger partial charge in [0.15, 0.2) is 0 Å². The van der Waals surface area contributed by atoms with Crippen molar-refractivity contribution in [3.8, 4) is 0 Å². The van der Waals surface area contributed by atoms with E-state index in [-0.39, 0.29) is 23.5 Å². The summed E-state index contributed by atoms with van der Waals surface area (Å²) < 4.78 is 17.2. The SMILES string of the molecule is O=C1S/C(=C\c2cn(Cc3c(F)cccc3Cl)c3ccc(Br)cc23)C(=O)N1c1ccccc1. The molecule has 0 atom stereocenters. The van der Waals surface area contributed by atoms with Gasteiger partial charge >= 0.3 is 0 Å². The van der Waals surface area contributed by atoms with E-state index in [0.29, 0.717) is 21.2 Å². The van der Waals surface area contributed by atoms with Crippen LogP contribution in [0.25, 0.3) is 17.0 Å². The fourth-order valence-corrected chi connectivity index (χ4v) is 5.22. The first-order valence-corrected chi connectivity index (χ1v) is 12.0. The summed E-state index contributed by atoms with van der Waals surface area (Å²) in [4.78, 5) is 27.1. The highest BCUT2D eigenvalue weighted by Gasteiger charge is 2.36. The van der Waals surface area contributed by atoms with E-state index in [2.05, 4.69) is 15.9 Å². The molecule has 4 aromatic rings. The molecule has 8 heteroatoms. The van der Waals surface area contributed by atoms with Gasteiger partial charge in [0.1, 0.15) is 5.82 Å². The zero-order chi connectivity index (χ0) is 23.1. The molecule has 1 aliphatic heterocycles. The second kappa shape index (κ2) is 8.82. The first-order valence-electron chi connectivity index (χ1n) is 9.96. The van der Waals surface area contributed by atoms with Gasteiger partial charge in [-0.05, 0) is 60.3 Å². The van der Waals surface area contributed by atoms with Crippen molar-refractivity contribution in [1.29, 1.82) is 0 Å². The molecule has 4 nitrogen and oxygen atoms in total. The lowest BCUT2D eigenvalue weighted by atomic mass is 10.1. The van der Waals surface area contributed by atoms with Crippen molar-refractivity contribution in [2.75, 3.05) is 4.90 Å². The van der Waals surface area contributed by atoms with Crippen LogP contribution < -0.4 is 4.90 Å². The molecule has 164 valence electrons. The summed E-state index contributed by atoms with van der Waals surface area (Å²) in [5.74, 6) is -0.753. The molecule has 5 rings (SSSR count). The number of fused-ring (bicyclic) bond motifs is 1. The van der Waals surface area contributed by atoms with E-state index in [1.807, 2.05) is 35.0 Å². The third-order valence-corrected chi connectivity index (χ3v) is 7.08. The molecule has 0 radical (unpaired) electrons. The number of carbonyl (C=O) groups excluding carboxylic acids is 2. The molecule has 2 heterocycles. The highest BCUT2D eigenvalue weighted by Crippen LogP contribution is 2.37. The van der Waals surface area contributed by atoms with Gasteiger partial charge in [-0.25, -0.2) is 9.29 Å². The predicted molar refractivity (Wildman–Crippen MR) is 135 cm³/mol. The Morgan fingerprint density at radius 2 is 1.82 bits per heavy atom. The number of hydrogen-bond acceptors (Lipinski definition) is 3. The Bertz CT molecular complexity index is 1430. The minimum absolute atomic E-state index is 0.225. The second-order valence-corrected chi connectivity index (χ2v) is 9.74. The number of amides is 2. The number of para-hydroxylation sites is 1. The third-order valence-electron chi connectivity index (χ3n) is 5.36. The Labute approximate surface area is 206 Å². The standard InChI is InChI=1S/C25H15BrClFN2O2S/c26-16-9-10-22-18(12-16)15(13-29(22)14-19-20(27)7-4-8-21(19)28)11-23-24(31)30(25(32)33-23)17-5-2-1-3-6-17/h1-13H,14H2/b23-11-. The molecule has 1 saturated heterocycles. The molecular weight excluding hydrogens is 527 g/mol. The van der Waals surface area contributed by atoms with Gasteiger partial charge < -0.3 is 4.57 Å². The highest BCUT2D eigenvalue weighted by molar-refractivity contribution is 9.10. The van der Waals surface area contributed by atoms with E-state index in [1.165, 1.54) is 11.0 Å². The quantitative estimate of drug-likeness (QED) is 0.251. The molecule has 0 aliphatic carbocycles. The maximum atomic E-state index is 14.4. The smallest absolute Gasteiger partial charge is 0.298 e. The van der Waals surface area contributed by atoms with Gasteiger partial charge in [-0.15, -0.1) is 0 Å². The number of aromatic nitrogens is 1. The van der Waals surface area contributed by atoms with E-state index in [1.54, 1.807) is 42.5 Å². The fourth-order valence-electron chi connectivity index (χ4n) is 3.81. The molecule has 0 saturated carbocycles. The molecule has 3 aromatic carbocycles. The molecule has 0 unspecified atom stereocenters. The Morgan fingerprint density at radius 1 is 1.03 bits per heavy atom. The average molecular weight is 542 g/mol. The molecule has 0 bridgehead atoms. The van der Waals surface area contributed by atoms with Gasteiger partial charge in [-0.3, -0.25) is 9.59 Å². The van der Waals surface area contributed by atoms with Crippen molar-refractivity contribution in [1.82, 2.24) is 4.57 Å². The van der Waals surface area contributed by atoms with Crippen molar-refractivity contribution in [2.45, 2.75) is 6.54 Å². The van der Waals surface area contributed by atoms with Crippen LogP contribution in [0, 0.1) is 5.82 Å². The summed E-state index contributed by atoms with van der Waals surface area (Å²) in [5, 5.41) is 0.864. The maximum absolute atomic E-state index is 14.4. The van der Waals surface area contributed by atoms with Gasteiger partial charge in [-0.2, -0.15) is 0 Å². The van der Waals surface area contributed by atoms with Crippen molar-refractivity contribution < 1.29 is 14.0 Å². The largest absolute Gasteiger partial charge is 0.342 e. The molecule has 33 heavy (non-hydrogen) atoms. The van der Waals surface area contributed by atoms with E-state index in [9.17, 15) is 14.0 Å². The number of nitrogens with zero attached hydrogens (tertiary/aromatic N) is 2. The molecule has 0 spiro atoms. The summed E-state index contributed by atoms with van der Waals surface area (Å²) >= 11 is 10.6. The van der Waals surface area contributed by atoms with Crippen LogP contribution in [0.2, 0.25) is 5.02 Å². The summed E-state index contributed by atoms with van der Waals surface area (Å²) in [5.41, 5.74) is 2.51. The van der Waals surface area contributed by atoms with Gasteiger partial charge in [-0.1, -0.05) is 51.8 Å². The number of anilines is 1. The number of halogens is 3. The maximum Gasteiger partial charge on any atom is 0.298 e. The van der Waals surface area contributed by atoms with Gasteiger partial charge in [0, 0.05) is 37.7 Å². The zero-order valence-corrected chi connectivity index (χ0v) is 20.1. The van der Waals surface area contributed by atoms with Crippen LogP contribution in [0.5, 0.6) is 0 Å². The Balaban J connectivity index is 1.58. The number of rotatable bonds is 4. The van der Waals surface area contributed by atoms with Crippen molar-refractivity contribution >= 4 is 73.1 Å². The number of imide groups is 1. The summed E-state index contributed by atoms with van der Waals surface area (Å²) in [6.45, 7) is 0.225. The normalized spacial score (nSPS) is 15.2. The topological polar surface area (TPSA) is 42.3 Å². The first kappa shape index (κ1) is 21.9. The van der Waals surface area contributed by atoms with Crippen LogP contribution in [-0.4, -0.2) is 15.7 Å². The molecule has 1 aliphatic rings. The van der Waals surface area contributed by atoms with Gasteiger partial charge in [0.05, 0.1) is 17.1 Å². The Morgan fingerprint density at radius 3 is 2.58 bits per heavy atom. The molecule has 0 N–H and O–H groups in total. The fraction of sp³-hybridized carbons (Fsp3) is 0.0400. The monoisotopic (exact) mass is 540 g/mol. The average Bonchev–Trinajstić information content (AvgIpc) is 3.27. The Hall–Kier alpha value is -2.87. The van der Waals surface area contributed by atoms with E-state index < -0.39 is 0 Å². The minimum Gasteiger partial charge on any atom is -0.342 e. The van der Waals surface area contributed by atoms with Crippen molar-refractivity contribution in [3.63, 3.8) is 0 Å². The van der Waals surface area contributed by atoms with Crippen LogP contribution >= 0.6 is 39.3 Å². The summed E-state index contributed by atoms with van der Waals surface area (Å²) in [7, 11) is 0. The molecule has 1 fully saturated rings. The van der Waals surface area contributed by atoms with E-state index in [4.69, 9.17) is 11.6 Å². The molecule has 2 amide bonds. The molecule has 1 aromatic heterocycles. The van der Waals surface area contributed by atoms with E-state index in [0.717, 1.165) is 32.7 Å². The van der Waals surface area contributed by atoms with Crippen LogP contribution in [0.1, 0.15) is 11.1 Å². The van der Waals surface area contributed by atoms with Gasteiger partial charge in [0.25, 0.3) is 11.1 Å². The summed E-state index contributed by atoms with van der Waals surface area (Å²) in [6.07, 6.45) is 3.55.